The number of hydrogen-bond donors (Lipinski definition) is 2. The molecule has 23 heavy (non-hydrogen) atoms. The van der Waals surface area contributed by atoms with E-state index >= 15 is 0 Å². The van der Waals surface area contributed by atoms with Crippen LogP contribution in [-0.2, 0) is 20.9 Å². The average molecular weight is 316 g/mol. The van der Waals surface area contributed by atoms with Crippen molar-refractivity contribution >= 4 is 23.5 Å². The molecule has 0 aliphatic carbocycles. The predicted octanol–water partition coefficient (Wildman–Crippen LogP) is 0.425. The molecule has 0 spiro atoms. The lowest BCUT2D eigenvalue weighted by Gasteiger charge is -2.07. The van der Waals surface area contributed by atoms with Crippen molar-refractivity contribution in [2.45, 2.75) is 6.54 Å². The Morgan fingerprint density at radius 2 is 1.96 bits per heavy atom. The molecule has 1 aromatic carbocycles. The maximum atomic E-state index is 11.8. The smallest absolute Gasteiger partial charge is 0.325 e. The van der Waals surface area contributed by atoms with Gasteiger partial charge < -0.3 is 15.4 Å². The number of benzene rings is 1. The summed E-state index contributed by atoms with van der Waals surface area (Å²) in [7, 11) is 1.25. The minimum absolute atomic E-state index is 0.106. The Labute approximate surface area is 132 Å². The van der Waals surface area contributed by atoms with Gasteiger partial charge in [-0.25, -0.2) is 0 Å². The first-order chi connectivity index (χ1) is 11.1. The number of rotatable bonds is 6. The van der Waals surface area contributed by atoms with E-state index in [1.165, 1.54) is 11.8 Å². The number of nitrogens with zero attached hydrogens (tertiary/aromatic N) is 2. The monoisotopic (exact) mass is 316 g/mol. The number of carbonyl (C=O) groups excluding carboxylic acids is 3. The Morgan fingerprint density at radius 3 is 2.57 bits per heavy atom. The van der Waals surface area contributed by atoms with Gasteiger partial charge in [-0.15, -0.1) is 0 Å². The molecule has 2 aromatic rings. The molecular formula is C15H16N4O4. The fourth-order valence-corrected chi connectivity index (χ4v) is 1.77. The molecule has 2 amide bonds. The predicted molar refractivity (Wildman–Crippen MR) is 81.6 cm³/mol. The maximum absolute atomic E-state index is 11.8. The molecule has 0 saturated heterocycles. The highest BCUT2D eigenvalue weighted by Crippen LogP contribution is 2.09. The quantitative estimate of drug-likeness (QED) is 0.752. The van der Waals surface area contributed by atoms with Crippen molar-refractivity contribution in [3.63, 3.8) is 0 Å². The van der Waals surface area contributed by atoms with Crippen molar-refractivity contribution in [3.05, 3.63) is 48.3 Å². The van der Waals surface area contributed by atoms with Crippen LogP contribution in [0.2, 0.25) is 0 Å². The number of hydrogen-bond acceptors (Lipinski definition) is 5. The molecule has 0 fully saturated rings. The molecule has 120 valence electrons. The summed E-state index contributed by atoms with van der Waals surface area (Å²) < 4.78 is 5.94. The summed E-state index contributed by atoms with van der Waals surface area (Å²) >= 11 is 0. The van der Waals surface area contributed by atoms with E-state index in [4.69, 9.17) is 0 Å². The summed E-state index contributed by atoms with van der Waals surface area (Å²) in [6.07, 6.45) is 3.28. The van der Waals surface area contributed by atoms with Gasteiger partial charge in [0, 0.05) is 23.6 Å². The van der Waals surface area contributed by atoms with Crippen LogP contribution >= 0.6 is 0 Å². The van der Waals surface area contributed by atoms with Crippen molar-refractivity contribution in [2.75, 3.05) is 19.0 Å². The minimum atomic E-state index is -0.527. The van der Waals surface area contributed by atoms with E-state index in [0.29, 0.717) is 11.3 Å². The molecule has 2 N–H and O–H groups in total. The van der Waals surface area contributed by atoms with Crippen molar-refractivity contribution in [1.29, 1.82) is 0 Å². The highest BCUT2D eigenvalue weighted by Gasteiger charge is 2.09. The first-order valence-electron chi connectivity index (χ1n) is 6.81. The highest BCUT2D eigenvalue weighted by atomic mass is 16.5. The van der Waals surface area contributed by atoms with Gasteiger partial charge >= 0.3 is 5.97 Å². The third-order valence-electron chi connectivity index (χ3n) is 2.92. The Kier molecular flexibility index (Phi) is 5.45. The van der Waals surface area contributed by atoms with Gasteiger partial charge in [0.15, 0.2) is 0 Å². The summed E-state index contributed by atoms with van der Waals surface area (Å²) in [5.74, 6) is -1.15. The Balaban J connectivity index is 1.87. The molecule has 1 heterocycles. The molecule has 0 unspecified atom stereocenters. The van der Waals surface area contributed by atoms with Gasteiger partial charge in [0.2, 0.25) is 5.91 Å². The van der Waals surface area contributed by atoms with E-state index in [-0.39, 0.29) is 19.0 Å². The topological polar surface area (TPSA) is 102 Å². The van der Waals surface area contributed by atoms with Crippen LogP contribution in [0.3, 0.4) is 0 Å². The van der Waals surface area contributed by atoms with Gasteiger partial charge in [-0.2, -0.15) is 5.10 Å². The number of methoxy groups -OCH3 is 1. The van der Waals surface area contributed by atoms with Gasteiger partial charge in [0.25, 0.3) is 5.91 Å². The van der Waals surface area contributed by atoms with E-state index in [2.05, 4.69) is 20.5 Å². The Morgan fingerprint density at radius 1 is 1.22 bits per heavy atom. The van der Waals surface area contributed by atoms with Crippen LogP contribution in [0.5, 0.6) is 0 Å². The van der Waals surface area contributed by atoms with Gasteiger partial charge in [0.1, 0.15) is 13.1 Å². The molecule has 0 atom stereocenters. The zero-order chi connectivity index (χ0) is 16.7. The number of ether oxygens (including phenoxy) is 1. The van der Waals surface area contributed by atoms with Gasteiger partial charge in [-0.05, 0) is 30.3 Å². The second-order valence-electron chi connectivity index (χ2n) is 4.59. The summed E-state index contributed by atoms with van der Waals surface area (Å²) in [5.41, 5.74) is 0.936. The van der Waals surface area contributed by atoms with Crippen molar-refractivity contribution in [1.82, 2.24) is 15.1 Å². The van der Waals surface area contributed by atoms with Crippen molar-refractivity contribution in [2.24, 2.45) is 0 Å². The molecule has 8 nitrogen and oxygen atoms in total. The number of carbonyl (C=O) groups is 3. The lowest BCUT2D eigenvalue weighted by molar-refractivity contribution is -0.139. The van der Waals surface area contributed by atoms with Gasteiger partial charge in [0.05, 0.1) is 7.11 Å². The van der Waals surface area contributed by atoms with Crippen LogP contribution in [0.4, 0.5) is 5.69 Å². The normalized spacial score (nSPS) is 9.96. The van der Waals surface area contributed by atoms with E-state index in [0.717, 1.165) is 0 Å². The zero-order valence-corrected chi connectivity index (χ0v) is 12.5. The lowest BCUT2D eigenvalue weighted by atomic mass is 10.2. The number of amides is 2. The fraction of sp³-hybridized carbons (Fsp3) is 0.200. The lowest BCUT2D eigenvalue weighted by Crippen LogP contribution is -2.30. The third kappa shape index (κ3) is 4.95. The van der Waals surface area contributed by atoms with Crippen LogP contribution in [0.25, 0.3) is 0 Å². The molecule has 8 heteroatoms. The standard InChI is InChI=1S/C15H16N4O4/c1-23-14(21)9-16-15(22)11-3-5-12(6-4-11)18-13(20)10-19-8-2-7-17-19/h2-8H,9-10H2,1H3,(H,16,22)(H,18,20). The molecule has 0 radical (unpaired) electrons. The van der Waals surface area contributed by atoms with Crippen LogP contribution in [0, 0.1) is 0 Å². The molecular weight excluding hydrogens is 300 g/mol. The number of aromatic nitrogens is 2. The molecule has 0 aliphatic heterocycles. The van der Waals surface area contributed by atoms with E-state index in [1.807, 2.05) is 0 Å². The van der Waals surface area contributed by atoms with Crippen molar-refractivity contribution < 1.29 is 19.1 Å². The number of nitrogens with one attached hydrogen (secondary N) is 2. The highest BCUT2D eigenvalue weighted by molar-refractivity contribution is 5.97. The summed E-state index contributed by atoms with van der Waals surface area (Å²) in [5, 5.41) is 9.07. The van der Waals surface area contributed by atoms with Crippen LogP contribution < -0.4 is 10.6 Å². The minimum Gasteiger partial charge on any atom is -0.468 e. The van der Waals surface area contributed by atoms with E-state index in [1.54, 1.807) is 42.7 Å². The second kappa shape index (κ2) is 7.74. The van der Waals surface area contributed by atoms with Crippen LogP contribution in [-0.4, -0.2) is 41.2 Å². The van der Waals surface area contributed by atoms with E-state index in [9.17, 15) is 14.4 Å². The average Bonchev–Trinajstić information content (AvgIpc) is 3.05. The van der Waals surface area contributed by atoms with Crippen LogP contribution in [0.15, 0.2) is 42.7 Å². The largest absolute Gasteiger partial charge is 0.468 e. The van der Waals surface area contributed by atoms with Gasteiger partial charge in [-0.3, -0.25) is 19.1 Å². The Bertz CT molecular complexity index is 680. The summed E-state index contributed by atoms with van der Waals surface area (Å²) in [6.45, 7) is -0.0912. The third-order valence-corrected chi connectivity index (χ3v) is 2.92. The maximum Gasteiger partial charge on any atom is 0.325 e. The first-order valence-corrected chi connectivity index (χ1v) is 6.81. The first kappa shape index (κ1) is 16.2. The van der Waals surface area contributed by atoms with Crippen LogP contribution in [0.1, 0.15) is 10.4 Å². The zero-order valence-electron chi connectivity index (χ0n) is 12.5. The molecule has 0 bridgehead atoms. The van der Waals surface area contributed by atoms with Gasteiger partial charge in [-0.1, -0.05) is 0 Å². The second-order valence-corrected chi connectivity index (χ2v) is 4.59. The molecule has 0 saturated carbocycles. The summed E-state index contributed by atoms with van der Waals surface area (Å²) in [4.78, 5) is 34.6. The van der Waals surface area contributed by atoms with Crippen molar-refractivity contribution in [3.8, 4) is 0 Å². The number of esters is 1. The number of anilines is 1. The molecule has 1 aromatic heterocycles. The summed E-state index contributed by atoms with van der Waals surface area (Å²) in [6, 6.07) is 8.05. The molecule has 0 aliphatic rings. The molecule has 2 rings (SSSR count). The van der Waals surface area contributed by atoms with E-state index < -0.39 is 11.9 Å². The SMILES string of the molecule is COC(=O)CNC(=O)c1ccc(NC(=O)Cn2cccn2)cc1. The Hall–Kier alpha value is -3.16. The fourth-order valence-electron chi connectivity index (χ4n) is 1.77.